The van der Waals surface area contributed by atoms with Gasteiger partial charge in [0, 0.05) is 36.5 Å². The molecule has 5 nitrogen and oxygen atoms in total. The molecule has 0 spiro atoms. The number of piperidine rings is 1. The Balaban J connectivity index is 1.50. The summed E-state index contributed by atoms with van der Waals surface area (Å²) < 4.78 is 27.0. The summed E-state index contributed by atoms with van der Waals surface area (Å²) in [5, 5.41) is 3.54. The van der Waals surface area contributed by atoms with Crippen LogP contribution < -0.4 is 9.62 Å². The van der Waals surface area contributed by atoms with Crippen LogP contribution in [0.5, 0.6) is 0 Å². The molecule has 0 aliphatic carbocycles. The zero-order valence-electron chi connectivity index (χ0n) is 13.9. The van der Waals surface area contributed by atoms with Crippen LogP contribution in [0.2, 0.25) is 5.02 Å². The molecule has 2 aromatic rings. The lowest BCUT2D eigenvalue weighted by Gasteiger charge is -2.25. The van der Waals surface area contributed by atoms with Crippen LogP contribution in [0.1, 0.15) is 30.5 Å². The van der Waals surface area contributed by atoms with Gasteiger partial charge in [0.05, 0.1) is 11.4 Å². The zero-order chi connectivity index (χ0) is 17.7. The van der Waals surface area contributed by atoms with Crippen LogP contribution in [0, 0.1) is 0 Å². The van der Waals surface area contributed by atoms with Crippen molar-refractivity contribution < 1.29 is 8.42 Å². The third-order valence-electron chi connectivity index (χ3n) is 4.17. The lowest BCUT2D eigenvalue weighted by Crippen LogP contribution is -2.29. The summed E-state index contributed by atoms with van der Waals surface area (Å²) in [5.41, 5.74) is 1.55. The molecule has 25 heavy (non-hydrogen) atoms. The van der Waals surface area contributed by atoms with E-state index in [1.165, 1.54) is 19.3 Å². The van der Waals surface area contributed by atoms with E-state index in [0.717, 1.165) is 23.9 Å². The topological polar surface area (TPSA) is 62.3 Å². The molecule has 0 atom stereocenters. The molecule has 1 aromatic carbocycles. The summed E-state index contributed by atoms with van der Waals surface area (Å²) in [6, 6.07) is 7.00. The number of halogens is 1. The van der Waals surface area contributed by atoms with Crippen molar-refractivity contribution in [3.8, 4) is 0 Å². The van der Waals surface area contributed by atoms with Gasteiger partial charge in [0.15, 0.2) is 5.13 Å². The van der Waals surface area contributed by atoms with Crippen LogP contribution in [-0.4, -0.2) is 33.0 Å². The predicted molar refractivity (Wildman–Crippen MR) is 104 cm³/mol. The molecule has 2 heterocycles. The summed E-state index contributed by atoms with van der Waals surface area (Å²) >= 11 is 7.67. The zero-order valence-corrected chi connectivity index (χ0v) is 16.3. The van der Waals surface area contributed by atoms with Crippen molar-refractivity contribution >= 4 is 38.1 Å². The van der Waals surface area contributed by atoms with Crippen LogP contribution in [-0.2, 0) is 22.2 Å². The second kappa shape index (κ2) is 8.49. The molecule has 1 aliphatic rings. The quantitative estimate of drug-likeness (QED) is 0.774. The molecule has 0 bridgehead atoms. The number of rotatable bonds is 7. The molecule has 1 N–H and O–H groups in total. The standard InChI is InChI=1S/C17H22ClN3O2S2/c18-16-7-3-2-6-14(16)13-25(22,23)19-9-8-15-12-24-17(20-15)21-10-4-1-5-11-21/h2-3,6-7,12,19H,1,4-5,8-11,13H2. The van der Waals surface area contributed by atoms with Crippen molar-refractivity contribution in [1.29, 1.82) is 0 Å². The van der Waals surface area contributed by atoms with E-state index in [4.69, 9.17) is 11.6 Å². The molecule has 3 rings (SSSR count). The fraction of sp³-hybridized carbons (Fsp3) is 0.471. The number of aromatic nitrogens is 1. The van der Waals surface area contributed by atoms with Crippen LogP contribution in [0.4, 0.5) is 5.13 Å². The molecule has 1 aliphatic heterocycles. The normalized spacial score (nSPS) is 15.5. The molecule has 0 amide bonds. The van der Waals surface area contributed by atoms with Gasteiger partial charge in [-0.05, 0) is 30.9 Å². The Kier molecular flexibility index (Phi) is 6.33. The highest BCUT2D eigenvalue weighted by atomic mass is 35.5. The molecule has 0 radical (unpaired) electrons. The fourth-order valence-corrected chi connectivity index (χ4v) is 5.22. The van der Waals surface area contributed by atoms with Gasteiger partial charge in [-0.3, -0.25) is 0 Å². The number of nitrogens with one attached hydrogen (secondary N) is 1. The van der Waals surface area contributed by atoms with Crippen LogP contribution in [0.25, 0.3) is 0 Å². The molecule has 136 valence electrons. The Hall–Kier alpha value is -1.15. The van der Waals surface area contributed by atoms with Gasteiger partial charge in [0.25, 0.3) is 0 Å². The van der Waals surface area contributed by atoms with Crippen LogP contribution in [0.3, 0.4) is 0 Å². The number of sulfonamides is 1. The lowest BCUT2D eigenvalue weighted by molar-refractivity contribution is 0.575. The van der Waals surface area contributed by atoms with Crippen molar-refractivity contribution in [2.45, 2.75) is 31.4 Å². The molecule has 0 unspecified atom stereocenters. The molecule has 1 fully saturated rings. The second-order valence-corrected chi connectivity index (χ2v) is 9.21. The molecular formula is C17H22ClN3O2S2. The van der Waals surface area contributed by atoms with Gasteiger partial charge in [-0.2, -0.15) is 0 Å². The number of nitrogens with zero attached hydrogens (tertiary/aromatic N) is 2. The number of benzene rings is 1. The van der Waals surface area contributed by atoms with Crippen molar-refractivity contribution in [3.05, 3.63) is 45.9 Å². The maximum absolute atomic E-state index is 12.2. The van der Waals surface area contributed by atoms with Gasteiger partial charge >= 0.3 is 0 Å². The molecule has 1 aromatic heterocycles. The van der Waals surface area contributed by atoms with Crippen LogP contribution in [0.15, 0.2) is 29.6 Å². The Morgan fingerprint density at radius 3 is 2.72 bits per heavy atom. The maximum atomic E-state index is 12.2. The third kappa shape index (κ3) is 5.41. The lowest BCUT2D eigenvalue weighted by atomic mass is 10.1. The van der Waals surface area contributed by atoms with Gasteiger partial charge < -0.3 is 4.90 Å². The van der Waals surface area contributed by atoms with Gasteiger partial charge in [0.1, 0.15) is 0 Å². The smallest absolute Gasteiger partial charge is 0.215 e. The first-order valence-electron chi connectivity index (χ1n) is 8.43. The molecule has 1 saturated heterocycles. The van der Waals surface area contributed by atoms with Gasteiger partial charge in [-0.15, -0.1) is 11.3 Å². The number of anilines is 1. The first-order valence-corrected chi connectivity index (χ1v) is 11.3. The Labute approximate surface area is 158 Å². The summed E-state index contributed by atoms with van der Waals surface area (Å²) in [6.45, 7) is 2.48. The monoisotopic (exact) mass is 399 g/mol. The van der Waals surface area contributed by atoms with Crippen LogP contribution >= 0.6 is 22.9 Å². The van der Waals surface area contributed by atoms with Gasteiger partial charge in [-0.1, -0.05) is 29.8 Å². The average molecular weight is 400 g/mol. The SMILES string of the molecule is O=S(=O)(Cc1ccccc1Cl)NCCc1csc(N2CCCCC2)n1. The first-order chi connectivity index (χ1) is 12.0. The summed E-state index contributed by atoms with van der Waals surface area (Å²) in [7, 11) is -3.41. The molecule has 8 heteroatoms. The number of thiazole rings is 1. The Morgan fingerprint density at radius 2 is 1.96 bits per heavy atom. The summed E-state index contributed by atoms with van der Waals surface area (Å²) in [5.74, 6) is -0.108. The predicted octanol–water partition coefficient (Wildman–Crippen LogP) is 3.45. The summed E-state index contributed by atoms with van der Waals surface area (Å²) in [4.78, 5) is 6.96. The van der Waals surface area contributed by atoms with E-state index >= 15 is 0 Å². The van der Waals surface area contributed by atoms with E-state index < -0.39 is 10.0 Å². The molecule has 0 saturated carbocycles. The largest absolute Gasteiger partial charge is 0.348 e. The molecular weight excluding hydrogens is 378 g/mol. The first kappa shape index (κ1) is 18.6. The highest BCUT2D eigenvalue weighted by molar-refractivity contribution is 7.88. The van der Waals surface area contributed by atoms with E-state index in [1.807, 2.05) is 5.38 Å². The second-order valence-electron chi connectivity index (χ2n) is 6.16. The number of hydrogen-bond donors (Lipinski definition) is 1. The number of hydrogen-bond acceptors (Lipinski definition) is 5. The minimum atomic E-state index is -3.41. The third-order valence-corrected chi connectivity index (χ3v) is 6.83. The highest BCUT2D eigenvalue weighted by Crippen LogP contribution is 2.24. The maximum Gasteiger partial charge on any atom is 0.215 e. The summed E-state index contributed by atoms with van der Waals surface area (Å²) in [6.07, 6.45) is 4.32. The van der Waals surface area contributed by atoms with E-state index in [1.54, 1.807) is 35.6 Å². The van der Waals surface area contributed by atoms with Crippen molar-refractivity contribution in [1.82, 2.24) is 9.71 Å². The highest BCUT2D eigenvalue weighted by Gasteiger charge is 2.16. The average Bonchev–Trinajstić information content (AvgIpc) is 3.06. The van der Waals surface area contributed by atoms with Gasteiger partial charge in [-0.25, -0.2) is 18.1 Å². The Bertz CT molecular complexity index is 802. The van der Waals surface area contributed by atoms with E-state index in [2.05, 4.69) is 14.6 Å². The van der Waals surface area contributed by atoms with Gasteiger partial charge in [0.2, 0.25) is 10.0 Å². The van der Waals surface area contributed by atoms with E-state index in [-0.39, 0.29) is 5.75 Å². The van der Waals surface area contributed by atoms with Crippen molar-refractivity contribution in [3.63, 3.8) is 0 Å². The fourth-order valence-electron chi connectivity index (χ4n) is 2.85. The van der Waals surface area contributed by atoms with E-state index in [0.29, 0.717) is 23.6 Å². The Morgan fingerprint density at radius 1 is 1.20 bits per heavy atom. The van der Waals surface area contributed by atoms with Crippen molar-refractivity contribution in [2.75, 3.05) is 24.5 Å². The van der Waals surface area contributed by atoms with E-state index in [9.17, 15) is 8.42 Å². The minimum Gasteiger partial charge on any atom is -0.348 e. The minimum absolute atomic E-state index is 0.108. The van der Waals surface area contributed by atoms with Crippen molar-refractivity contribution in [2.24, 2.45) is 0 Å².